The van der Waals surface area contributed by atoms with Crippen molar-refractivity contribution in [1.82, 2.24) is 10.2 Å². The zero-order valence-electron chi connectivity index (χ0n) is 21.7. The molecule has 1 aromatic rings. The molecule has 1 spiro atoms. The van der Waals surface area contributed by atoms with Crippen LogP contribution in [0.1, 0.15) is 50.7 Å². The summed E-state index contributed by atoms with van der Waals surface area (Å²) in [5.74, 6) is -1.62. The molecule has 5 rings (SSSR count). The quantitative estimate of drug-likeness (QED) is 0.365. The van der Waals surface area contributed by atoms with Crippen molar-refractivity contribution in [3.8, 4) is 11.5 Å². The number of phenols is 1. The number of ether oxygens (including phenoxy) is 3. The van der Waals surface area contributed by atoms with Gasteiger partial charge in [-0.25, -0.2) is 4.79 Å². The minimum Gasteiger partial charge on any atom is -0.504 e. The molecular weight excluding hydrogens is 496 g/mol. The average Bonchev–Trinajstić information content (AvgIpc) is 3.20. The molecule has 2 aliphatic carbocycles. The fourth-order valence-electron chi connectivity index (χ4n) is 6.63. The lowest BCUT2D eigenvalue weighted by Gasteiger charge is -2.56. The lowest BCUT2D eigenvalue weighted by atomic mass is 9.52. The Labute approximate surface area is 220 Å². The van der Waals surface area contributed by atoms with Gasteiger partial charge in [0.15, 0.2) is 23.7 Å². The van der Waals surface area contributed by atoms with Crippen LogP contribution in [0.3, 0.4) is 0 Å². The van der Waals surface area contributed by atoms with Gasteiger partial charge in [0.2, 0.25) is 5.91 Å². The molecule has 11 nitrogen and oxygen atoms in total. The Balaban J connectivity index is 1.35. The first-order chi connectivity index (χ1) is 18.0. The number of nitrogens with one attached hydrogen (secondary N) is 1. The second kappa shape index (κ2) is 9.55. The molecule has 1 aromatic carbocycles. The van der Waals surface area contributed by atoms with Crippen LogP contribution < -0.4 is 10.1 Å². The molecule has 1 fully saturated rings. The van der Waals surface area contributed by atoms with Crippen LogP contribution in [-0.4, -0.2) is 88.2 Å². The SMILES string of the molecule is C[C@H](O)C(=O)NCCC(=O)O[C@@H](C)C(=O)OC1=CC[C@@]2(O)[C@H]3Cc4ccc(O)c5c4[C@@]2(CCCN3C)[C@H]1O5. The first-order valence-electron chi connectivity index (χ1n) is 13.0. The van der Waals surface area contributed by atoms with Gasteiger partial charge in [-0.2, -0.15) is 0 Å². The van der Waals surface area contributed by atoms with Crippen molar-refractivity contribution >= 4 is 17.8 Å². The van der Waals surface area contributed by atoms with Crippen LogP contribution in [0.5, 0.6) is 11.5 Å². The molecule has 0 unspecified atom stereocenters. The molecule has 0 radical (unpaired) electrons. The van der Waals surface area contributed by atoms with Crippen LogP contribution in [-0.2, 0) is 35.7 Å². The normalized spacial score (nSPS) is 30.6. The van der Waals surface area contributed by atoms with Gasteiger partial charge in [0.05, 0.1) is 17.4 Å². The molecule has 0 aromatic heterocycles. The van der Waals surface area contributed by atoms with Crippen molar-refractivity contribution < 1.29 is 43.9 Å². The van der Waals surface area contributed by atoms with E-state index >= 15 is 0 Å². The number of likely N-dealkylation sites (tertiary alicyclic amines) is 1. The van der Waals surface area contributed by atoms with Crippen molar-refractivity contribution in [2.45, 2.75) is 81.3 Å². The summed E-state index contributed by atoms with van der Waals surface area (Å²) in [7, 11) is 2.00. The minimum absolute atomic E-state index is 0.0263. The van der Waals surface area contributed by atoms with Gasteiger partial charge in [0.25, 0.3) is 0 Å². The number of aromatic hydroxyl groups is 1. The summed E-state index contributed by atoms with van der Waals surface area (Å²) in [4.78, 5) is 38.7. The monoisotopic (exact) mass is 530 g/mol. The fraction of sp³-hybridized carbons (Fsp3) is 0.593. The zero-order chi connectivity index (χ0) is 27.4. The Morgan fingerprint density at radius 1 is 1.29 bits per heavy atom. The zero-order valence-corrected chi connectivity index (χ0v) is 21.7. The van der Waals surface area contributed by atoms with E-state index in [1.807, 2.05) is 13.1 Å². The minimum atomic E-state index is -1.23. The van der Waals surface area contributed by atoms with E-state index < -0.39 is 47.2 Å². The number of esters is 2. The van der Waals surface area contributed by atoms with Crippen LogP contribution in [0.4, 0.5) is 0 Å². The molecule has 1 saturated heterocycles. The largest absolute Gasteiger partial charge is 0.504 e. The molecule has 4 aliphatic rings. The Morgan fingerprint density at radius 2 is 2.05 bits per heavy atom. The van der Waals surface area contributed by atoms with E-state index in [0.29, 0.717) is 18.6 Å². The Kier molecular flexibility index (Phi) is 6.65. The number of benzene rings is 1. The van der Waals surface area contributed by atoms with Gasteiger partial charge < -0.3 is 39.7 Å². The van der Waals surface area contributed by atoms with Gasteiger partial charge in [0.1, 0.15) is 11.9 Å². The van der Waals surface area contributed by atoms with Crippen molar-refractivity contribution in [3.05, 3.63) is 35.1 Å². The van der Waals surface area contributed by atoms with E-state index in [-0.39, 0.29) is 36.9 Å². The predicted molar refractivity (Wildman–Crippen MR) is 132 cm³/mol. The van der Waals surface area contributed by atoms with Gasteiger partial charge in [-0.05, 0) is 64.4 Å². The Morgan fingerprint density at radius 3 is 2.79 bits per heavy atom. The Hall–Kier alpha value is -3.15. The number of aliphatic hydroxyl groups excluding tert-OH is 1. The number of nitrogens with zero attached hydrogens (tertiary/aromatic N) is 1. The molecule has 4 N–H and O–H groups in total. The summed E-state index contributed by atoms with van der Waals surface area (Å²) in [6, 6.07) is 3.29. The molecule has 2 bridgehead atoms. The standard InChI is InChI=1S/C27H34N2O9/c1-14(30)24(33)28-11-8-20(32)36-15(2)25(34)37-18-7-10-27(35)19-13-16-5-6-17(31)22-21(16)26(27,23(18)38-22)9-4-12-29(19)3/h5-7,14-15,19,23,30-31,35H,4,8-13H2,1-3H3,(H,28,33)/t14-,15-,19+,23-,26-,27+/m0/s1. The smallest absolute Gasteiger partial charge is 0.352 e. The van der Waals surface area contributed by atoms with Gasteiger partial charge in [-0.3, -0.25) is 9.59 Å². The summed E-state index contributed by atoms with van der Waals surface area (Å²) in [5.41, 5.74) is -0.311. The summed E-state index contributed by atoms with van der Waals surface area (Å²) in [6.07, 6.45) is 0.420. The van der Waals surface area contributed by atoms with Crippen LogP contribution in [0, 0.1) is 0 Å². The topological polar surface area (TPSA) is 155 Å². The number of rotatable bonds is 7. The van der Waals surface area contributed by atoms with Crippen LogP contribution in [0.15, 0.2) is 24.0 Å². The molecule has 6 atom stereocenters. The number of carbonyl (C=O) groups excluding carboxylic acids is 3. The molecule has 38 heavy (non-hydrogen) atoms. The third-order valence-corrected chi connectivity index (χ3v) is 8.44. The second-order valence-corrected chi connectivity index (χ2v) is 10.7. The Bertz CT molecular complexity index is 1200. The number of hydrogen-bond acceptors (Lipinski definition) is 10. The van der Waals surface area contributed by atoms with E-state index in [9.17, 15) is 29.7 Å². The van der Waals surface area contributed by atoms with E-state index in [4.69, 9.17) is 14.2 Å². The van der Waals surface area contributed by atoms with Gasteiger partial charge >= 0.3 is 11.9 Å². The third-order valence-electron chi connectivity index (χ3n) is 8.44. The van der Waals surface area contributed by atoms with Crippen LogP contribution in [0.2, 0.25) is 0 Å². The van der Waals surface area contributed by atoms with Crippen molar-refractivity contribution in [1.29, 1.82) is 0 Å². The maximum absolute atomic E-state index is 13.0. The van der Waals surface area contributed by atoms with Crippen LogP contribution >= 0.6 is 0 Å². The summed E-state index contributed by atoms with van der Waals surface area (Å²) < 4.78 is 17.2. The number of phenolic OH excluding ortho intramolecular Hbond substituents is 1. The maximum atomic E-state index is 13.0. The van der Waals surface area contributed by atoms with E-state index in [2.05, 4.69) is 10.2 Å². The maximum Gasteiger partial charge on any atom is 0.352 e. The number of aliphatic hydroxyl groups is 2. The highest BCUT2D eigenvalue weighted by molar-refractivity contribution is 5.82. The molecule has 1 amide bonds. The van der Waals surface area contributed by atoms with E-state index in [1.165, 1.54) is 13.8 Å². The number of amides is 1. The fourth-order valence-corrected chi connectivity index (χ4v) is 6.63. The predicted octanol–water partition coefficient (Wildman–Crippen LogP) is 0.422. The molecule has 2 aliphatic heterocycles. The number of likely N-dealkylation sites (N-methyl/N-ethyl adjacent to an activating group) is 1. The highest BCUT2D eigenvalue weighted by Crippen LogP contribution is 2.64. The van der Waals surface area contributed by atoms with Crippen LogP contribution in [0.25, 0.3) is 0 Å². The lowest BCUT2D eigenvalue weighted by Crippen LogP contribution is -2.69. The van der Waals surface area contributed by atoms with Crippen molar-refractivity contribution in [2.75, 3.05) is 20.1 Å². The van der Waals surface area contributed by atoms with Gasteiger partial charge in [-0.15, -0.1) is 0 Å². The highest BCUT2D eigenvalue weighted by Gasteiger charge is 2.71. The summed E-state index contributed by atoms with van der Waals surface area (Å²) in [5, 5.41) is 34.5. The molecule has 0 saturated carbocycles. The number of carbonyl (C=O) groups is 3. The van der Waals surface area contributed by atoms with Crippen molar-refractivity contribution in [2.24, 2.45) is 0 Å². The van der Waals surface area contributed by atoms with E-state index in [1.54, 1.807) is 12.1 Å². The first kappa shape index (κ1) is 26.5. The molecule has 11 heteroatoms. The van der Waals surface area contributed by atoms with Crippen molar-refractivity contribution in [3.63, 3.8) is 0 Å². The molecular formula is C27H34N2O9. The first-order valence-corrected chi connectivity index (χ1v) is 13.0. The highest BCUT2D eigenvalue weighted by atomic mass is 16.6. The average molecular weight is 531 g/mol. The number of hydrogen-bond donors (Lipinski definition) is 4. The third kappa shape index (κ3) is 3.95. The van der Waals surface area contributed by atoms with Gasteiger partial charge in [-0.1, -0.05) is 6.07 Å². The van der Waals surface area contributed by atoms with E-state index in [0.717, 1.165) is 24.1 Å². The summed E-state index contributed by atoms with van der Waals surface area (Å²) in [6.45, 7) is 3.43. The molecule has 2 heterocycles. The second-order valence-electron chi connectivity index (χ2n) is 10.7. The van der Waals surface area contributed by atoms with Gasteiger partial charge in [0, 0.05) is 24.6 Å². The molecule has 206 valence electrons. The summed E-state index contributed by atoms with van der Waals surface area (Å²) >= 11 is 0. The lowest BCUT2D eigenvalue weighted by molar-refractivity contribution is -0.167.